The van der Waals surface area contributed by atoms with E-state index in [0.29, 0.717) is 0 Å². The number of carbonyl (C=O) groups is 2. The van der Waals surface area contributed by atoms with Gasteiger partial charge in [0.1, 0.15) is 5.60 Å². The first-order valence-electron chi connectivity index (χ1n) is 5.17. The molecule has 5 nitrogen and oxygen atoms in total. The number of anilines is 1. The number of hydrogen-bond acceptors (Lipinski definition) is 3. The molecule has 0 aromatic heterocycles. The molecule has 1 aromatic rings. The SMILES string of the molecule is COC(C)(C)C(=O)Nc1cc(C(=O)O)ccc1Cl. The highest BCUT2D eigenvalue weighted by molar-refractivity contribution is 6.34. The monoisotopic (exact) mass is 271 g/mol. The summed E-state index contributed by atoms with van der Waals surface area (Å²) in [5.41, 5.74) is -0.737. The molecule has 98 valence electrons. The van der Waals surface area contributed by atoms with Crippen LogP contribution in [0, 0.1) is 0 Å². The van der Waals surface area contributed by atoms with Crippen LogP contribution >= 0.6 is 11.6 Å². The van der Waals surface area contributed by atoms with Gasteiger partial charge >= 0.3 is 5.97 Å². The number of nitrogens with one attached hydrogen (secondary N) is 1. The van der Waals surface area contributed by atoms with Crippen molar-refractivity contribution < 1.29 is 19.4 Å². The number of halogens is 1. The standard InChI is InChI=1S/C12H14ClNO4/c1-12(2,18-3)11(17)14-9-6-7(10(15)16)4-5-8(9)13/h4-6H,1-3H3,(H,14,17)(H,15,16). The number of amides is 1. The van der Waals surface area contributed by atoms with Crippen molar-refractivity contribution >= 4 is 29.2 Å². The van der Waals surface area contributed by atoms with Gasteiger partial charge in [-0.25, -0.2) is 4.79 Å². The lowest BCUT2D eigenvalue weighted by Gasteiger charge is -2.22. The molecule has 1 amide bonds. The number of benzene rings is 1. The topological polar surface area (TPSA) is 75.6 Å². The average Bonchev–Trinajstić information content (AvgIpc) is 2.31. The summed E-state index contributed by atoms with van der Waals surface area (Å²) in [5, 5.41) is 11.7. The Kier molecular flexibility index (Phi) is 4.32. The third kappa shape index (κ3) is 3.21. The molecule has 0 fully saturated rings. The van der Waals surface area contributed by atoms with E-state index in [-0.39, 0.29) is 16.3 Å². The van der Waals surface area contributed by atoms with Crippen LogP contribution in [-0.4, -0.2) is 29.7 Å². The molecule has 0 radical (unpaired) electrons. The largest absolute Gasteiger partial charge is 0.478 e. The molecule has 0 unspecified atom stereocenters. The fourth-order valence-corrected chi connectivity index (χ4v) is 1.28. The molecule has 0 bridgehead atoms. The molecule has 18 heavy (non-hydrogen) atoms. The third-order valence-corrected chi connectivity index (χ3v) is 2.85. The minimum atomic E-state index is -1.09. The maximum Gasteiger partial charge on any atom is 0.335 e. The first-order valence-corrected chi connectivity index (χ1v) is 5.55. The maximum absolute atomic E-state index is 11.9. The van der Waals surface area contributed by atoms with Gasteiger partial charge in [0.15, 0.2) is 0 Å². The van der Waals surface area contributed by atoms with Crippen molar-refractivity contribution in [2.75, 3.05) is 12.4 Å². The summed E-state index contributed by atoms with van der Waals surface area (Å²) >= 11 is 5.89. The lowest BCUT2D eigenvalue weighted by Crippen LogP contribution is -2.38. The predicted molar refractivity (Wildman–Crippen MR) is 68.1 cm³/mol. The fourth-order valence-electron chi connectivity index (χ4n) is 1.12. The fraction of sp³-hybridized carbons (Fsp3) is 0.333. The van der Waals surface area contributed by atoms with Gasteiger partial charge in [-0.15, -0.1) is 0 Å². The molecular weight excluding hydrogens is 258 g/mol. The normalized spacial score (nSPS) is 11.1. The van der Waals surface area contributed by atoms with Crippen LogP contribution in [0.15, 0.2) is 18.2 Å². The molecule has 0 aliphatic carbocycles. The number of hydrogen-bond donors (Lipinski definition) is 2. The average molecular weight is 272 g/mol. The van der Waals surface area contributed by atoms with Gasteiger partial charge in [0.25, 0.3) is 5.91 Å². The summed E-state index contributed by atoms with van der Waals surface area (Å²) in [6.45, 7) is 3.19. The molecule has 1 rings (SSSR count). The van der Waals surface area contributed by atoms with Crippen molar-refractivity contribution in [2.24, 2.45) is 0 Å². The maximum atomic E-state index is 11.9. The molecule has 0 aliphatic heterocycles. The smallest absolute Gasteiger partial charge is 0.335 e. The Labute approximate surface area is 110 Å². The molecule has 0 atom stereocenters. The Morgan fingerprint density at radius 2 is 2.00 bits per heavy atom. The number of rotatable bonds is 4. The predicted octanol–water partition coefficient (Wildman–Crippen LogP) is 2.40. The number of carboxylic acid groups (broad SMARTS) is 1. The van der Waals surface area contributed by atoms with Gasteiger partial charge in [-0.1, -0.05) is 11.6 Å². The number of methoxy groups -OCH3 is 1. The molecular formula is C12H14ClNO4. The molecule has 0 spiro atoms. The molecule has 0 saturated carbocycles. The van der Waals surface area contributed by atoms with Crippen molar-refractivity contribution in [3.8, 4) is 0 Å². The lowest BCUT2D eigenvalue weighted by molar-refractivity contribution is -0.133. The minimum Gasteiger partial charge on any atom is -0.478 e. The van der Waals surface area contributed by atoms with E-state index in [1.807, 2.05) is 0 Å². The van der Waals surface area contributed by atoms with E-state index in [0.717, 1.165) is 0 Å². The third-order valence-electron chi connectivity index (χ3n) is 2.52. The van der Waals surface area contributed by atoms with Gasteiger partial charge in [0.2, 0.25) is 0 Å². The Bertz CT molecular complexity index is 485. The van der Waals surface area contributed by atoms with Crippen LogP contribution in [0.3, 0.4) is 0 Å². The number of carbonyl (C=O) groups excluding carboxylic acids is 1. The Balaban J connectivity index is 3.01. The van der Waals surface area contributed by atoms with E-state index in [2.05, 4.69) is 5.32 Å². The van der Waals surface area contributed by atoms with Gasteiger partial charge in [0.05, 0.1) is 16.3 Å². The van der Waals surface area contributed by atoms with E-state index in [9.17, 15) is 9.59 Å². The van der Waals surface area contributed by atoms with Crippen molar-refractivity contribution in [3.05, 3.63) is 28.8 Å². The second-order valence-electron chi connectivity index (χ2n) is 4.17. The van der Waals surface area contributed by atoms with Crippen LogP contribution in [0.4, 0.5) is 5.69 Å². The van der Waals surface area contributed by atoms with E-state index in [1.165, 1.54) is 25.3 Å². The van der Waals surface area contributed by atoms with E-state index in [4.69, 9.17) is 21.4 Å². The van der Waals surface area contributed by atoms with Crippen molar-refractivity contribution in [2.45, 2.75) is 19.4 Å². The Morgan fingerprint density at radius 1 is 1.39 bits per heavy atom. The van der Waals surface area contributed by atoms with Crippen LogP contribution in [0.1, 0.15) is 24.2 Å². The van der Waals surface area contributed by atoms with Gasteiger partial charge in [-0.2, -0.15) is 0 Å². The summed E-state index contributed by atoms with van der Waals surface area (Å²) in [7, 11) is 1.41. The zero-order valence-corrected chi connectivity index (χ0v) is 11.0. The minimum absolute atomic E-state index is 0.0462. The van der Waals surface area contributed by atoms with Crippen LogP contribution in [-0.2, 0) is 9.53 Å². The highest BCUT2D eigenvalue weighted by Gasteiger charge is 2.27. The van der Waals surface area contributed by atoms with E-state index < -0.39 is 17.5 Å². The first-order chi connectivity index (χ1) is 8.27. The summed E-state index contributed by atoms with van der Waals surface area (Å²) in [5.74, 6) is -1.50. The highest BCUT2D eigenvalue weighted by Crippen LogP contribution is 2.24. The summed E-state index contributed by atoms with van der Waals surface area (Å²) < 4.78 is 5.02. The number of ether oxygens (including phenoxy) is 1. The van der Waals surface area contributed by atoms with Crippen molar-refractivity contribution in [3.63, 3.8) is 0 Å². The summed E-state index contributed by atoms with van der Waals surface area (Å²) in [6, 6.07) is 4.08. The molecule has 6 heteroatoms. The van der Waals surface area contributed by atoms with Gasteiger partial charge in [-0.05, 0) is 32.0 Å². The lowest BCUT2D eigenvalue weighted by atomic mass is 10.1. The quantitative estimate of drug-likeness (QED) is 0.882. The second kappa shape index (κ2) is 5.37. The molecule has 1 aromatic carbocycles. The Hall–Kier alpha value is -1.59. The van der Waals surface area contributed by atoms with Crippen LogP contribution < -0.4 is 5.32 Å². The van der Waals surface area contributed by atoms with E-state index in [1.54, 1.807) is 13.8 Å². The van der Waals surface area contributed by atoms with Crippen LogP contribution in [0.5, 0.6) is 0 Å². The molecule has 0 saturated heterocycles. The molecule has 0 heterocycles. The number of aromatic carboxylic acids is 1. The first kappa shape index (κ1) is 14.5. The number of carboxylic acids is 1. The van der Waals surface area contributed by atoms with Crippen molar-refractivity contribution in [1.82, 2.24) is 0 Å². The van der Waals surface area contributed by atoms with Gasteiger partial charge < -0.3 is 15.2 Å². The van der Waals surface area contributed by atoms with E-state index >= 15 is 0 Å². The van der Waals surface area contributed by atoms with Crippen molar-refractivity contribution in [1.29, 1.82) is 0 Å². The summed E-state index contributed by atoms with van der Waals surface area (Å²) in [6.07, 6.45) is 0. The van der Waals surface area contributed by atoms with Crippen LogP contribution in [0.2, 0.25) is 5.02 Å². The highest BCUT2D eigenvalue weighted by atomic mass is 35.5. The molecule has 0 aliphatic rings. The second-order valence-corrected chi connectivity index (χ2v) is 4.58. The van der Waals surface area contributed by atoms with Crippen LogP contribution in [0.25, 0.3) is 0 Å². The van der Waals surface area contributed by atoms with Gasteiger partial charge in [-0.3, -0.25) is 4.79 Å². The zero-order chi connectivity index (χ0) is 13.9. The zero-order valence-electron chi connectivity index (χ0n) is 10.3. The summed E-state index contributed by atoms with van der Waals surface area (Å²) in [4.78, 5) is 22.7. The molecule has 2 N–H and O–H groups in total. The Morgan fingerprint density at radius 3 is 2.50 bits per heavy atom. The van der Waals surface area contributed by atoms with Gasteiger partial charge in [0, 0.05) is 7.11 Å².